The zero-order chi connectivity index (χ0) is 26.2. The van der Waals surface area contributed by atoms with Gasteiger partial charge in [0.05, 0.1) is 19.7 Å². The molecule has 2 aromatic heterocycles. The number of ketones is 1. The number of carbonyl (C=O) groups is 2. The van der Waals surface area contributed by atoms with Crippen molar-refractivity contribution in [1.29, 1.82) is 0 Å². The molecule has 1 atom stereocenters. The number of fused-ring (bicyclic) bond motifs is 1. The Kier molecular flexibility index (Phi) is 8.77. The molecule has 0 bridgehead atoms. The predicted molar refractivity (Wildman–Crippen MR) is 144 cm³/mol. The molecule has 4 aromatic rings. The number of H-pyrrole nitrogens is 1. The van der Waals surface area contributed by atoms with Gasteiger partial charge in [-0.2, -0.15) is 0 Å². The van der Waals surface area contributed by atoms with Gasteiger partial charge in [-0.15, -0.1) is 0 Å². The van der Waals surface area contributed by atoms with E-state index in [9.17, 15) is 9.59 Å². The molecule has 194 valence electrons. The number of ether oxygens (including phenoxy) is 1. The molecule has 0 spiro atoms. The van der Waals surface area contributed by atoms with E-state index >= 15 is 0 Å². The highest BCUT2D eigenvalue weighted by atomic mass is 16.5. The standard InChI is InChI=1S/C30H35N3O4/c1-4-22(34)13-9-6-10-14-27(30-31-19-28(37-30)21-11-7-5-8-12-21)33-29(35)18-24-20(2)32-26-16-15-23(36-3)17-25(24)26/h5,7-8,11-12,15-17,19,27,32H,4,6,9-10,13-14,18H2,1-3H3,(H,33,35)/t27-/m0/s1. The normalized spacial score (nSPS) is 12.0. The molecule has 0 aliphatic rings. The van der Waals surface area contributed by atoms with Crippen LogP contribution in [0.1, 0.15) is 68.6 Å². The van der Waals surface area contributed by atoms with E-state index in [0.717, 1.165) is 52.7 Å². The van der Waals surface area contributed by atoms with Gasteiger partial charge in [0, 0.05) is 35.0 Å². The molecular weight excluding hydrogens is 466 g/mol. The quantitative estimate of drug-likeness (QED) is 0.205. The number of nitrogens with one attached hydrogen (secondary N) is 2. The monoisotopic (exact) mass is 501 g/mol. The molecule has 0 saturated heterocycles. The van der Waals surface area contributed by atoms with Crippen LogP contribution < -0.4 is 10.1 Å². The van der Waals surface area contributed by atoms with Crippen LogP contribution in [-0.4, -0.2) is 28.8 Å². The molecule has 2 heterocycles. The van der Waals surface area contributed by atoms with E-state index in [2.05, 4.69) is 15.3 Å². The molecule has 1 amide bonds. The number of oxazole rings is 1. The number of nitrogens with zero attached hydrogens (tertiary/aromatic N) is 1. The second-order valence-corrected chi connectivity index (χ2v) is 9.36. The van der Waals surface area contributed by atoms with Crippen LogP contribution >= 0.6 is 0 Å². The highest BCUT2D eigenvalue weighted by Crippen LogP contribution is 2.28. The van der Waals surface area contributed by atoms with E-state index < -0.39 is 0 Å². The number of Topliss-reactive ketones (excluding diaryl/α,β-unsaturated/α-hetero) is 1. The van der Waals surface area contributed by atoms with Gasteiger partial charge in [-0.25, -0.2) is 4.98 Å². The lowest BCUT2D eigenvalue weighted by Crippen LogP contribution is -2.30. The van der Waals surface area contributed by atoms with Crippen LogP contribution in [0.5, 0.6) is 5.75 Å². The van der Waals surface area contributed by atoms with Gasteiger partial charge in [0.1, 0.15) is 17.6 Å². The summed E-state index contributed by atoms with van der Waals surface area (Å²) in [6, 6.07) is 15.3. The van der Waals surface area contributed by atoms with E-state index in [1.54, 1.807) is 13.3 Å². The number of amides is 1. The van der Waals surface area contributed by atoms with Crippen molar-refractivity contribution < 1.29 is 18.7 Å². The Balaban J connectivity index is 1.48. The molecule has 0 radical (unpaired) electrons. The van der Waals surface area contributed by atoms with E-state index in [1.165, 1.54) is 0 Å². The molecule has 7 nitrogen and oxygen atoms in total. The summed E-state index contributed by atoms with van der Waals surface area (Å²) in [6.45, 7) is 3.87. The number of aromatic nitrogens is 2. The van der Waals surface area contributed by atoms with Gasteiger partial charge in [0.25, 0.3) is 0 Å². The lowest BCUT2D eigenvalue weighted by Gasteiger charge is -2.16. The number of unbranched alkanes of at least 4 members (excludes halogenated alkanes) is 2. The molecule has 0 aliphatic heterocycles. The maximum absolute atomic E-state index is 13.3. The van der Waals surface area contributed by atoms with Gasteiger partial charge < -0.3 is 19.5 Å². The van der Waals surface area contributed by atoms with E-state index in [4.69, 9.17) is 9.15 Å². The summed E-state index contributed by atoms with van der Waals surface area (Å²) in [5, 5.41) is 4.14. The van der Waals surface area contributed by atoms with Crippen LogP contribution in [0, 0.1) is 6.92 Å². The Labute approximate surface area is 217 Å². The predicted octanol–water partition coefficient (Wildman–Crippen LogP) is 6.47. The largest absolute Gasteiger partial charge is 0.497 e. The lowest BCUT2D eigenvalue weighted by atomic mass is 10.0. The fraction of sp³-hybridized carbons (Fsp3) is 0.367. The second-order valence-electron chi connectivity index (χ2n) is 9.36. The molecular formula is C30H35N3O4. The molecule has 4 rings (SSSR count). The fourth-order valence-corrected chi connectivity index (χ4v) is 4.59. The lowest BCUT2D eigenvalue weighted by molar-refractivity contribution is -0.121. The van der Waals surface area contributed by atoms with Crippen LogP contribution in [0.3, 0.4) is 0 Å². The molecule has 7 heteroatoms. The number of carbonyl (C=O) groups excluding carboxylic acids is 2. The summed E-state index contributed by atoms with van der Waals surface area (Å²) in [5.74, 6) is 2.10. The average Bonchev–Trinajstić information content (AvgIpc) is 3.53. The number of aryl methyl sites for hydroxylation is 1. The van der Waals surface area contributed by atoms with Crippen molar-refractivity contribution in [3.05, 3.63) is 71.9 Å². The van der Waals surface area contributed by atoms with Crippen LogP contribution in [0.25, 0.3) is 22.2 Å². The van der Waals surface area contributed by atoms with Gasteiger partial charge in [-0.3, -0.25) is 9.59 Å². The summed E-state index contributed by atoms with van der Waals surface area (Å²) in [7, 11) is 1.63. The van der Waals surface area contributed by atoms with Crippen molar-refractivity contribution in [2.24, 2.45) is 0 Å². The second kappa shape index (κ2) is 12.4. The molecule has 0 fully saturated rings. The first-order valence-electron chi connectivity index (χ1n) is 13.0. The number of benzene rings is 2. The first-order chi connectivity index (χ1) is 18.0. The molecule has 2 N–H and O–H groups in total. The maximum Gasteiger partial charge on any atom is 0.225 e. The fourth-order valence-electron chi connectivity index (χ4n) is 4.59. The highest BCUT2D eigenvalue weighted by molar-refractivity contribution is 5.91. The van der Waals surface area contributed by atoms with E-state index in [-0.39, 0.29) is 24.2 Å². The van der Waals surface area contributed by atoms with Crippen molar-refractivity contribution in [3.63, 3.8) is 0 Å². The Hall–Kier alpha value is -3.87. The van der Waals surface area contributed by atoms with Crippen molar-refractivity contribution in [1.82, 2.24) is 15.3 Å². The van der Waals surface area contributed by atoms with Crippen LogP contribution in [-0.2, 0) is 16.0 Å². The number of hydrogen-bond donors (Lipinski definition) is 2. The van der Waals surface area contributed by atoms with Gasteiger partial charge in [0.2, 0.25) is 11.8 Å². The molecule has 0 saturated carbocycles. The molecule has 2 aromatic carbocycles. The third kappa shape index (κ3) is 6.67. The zero-order valence-corrected chi connectivity index (χ0v) is 21.8. The molecule has 0 unspecified atom stereocenters. The number of rotatable bonds is 13. The minimum absolute atomic E-state index is 0.0996. The van der Waals surface area contributed by atoms with Gasteiger partial charge in [0.15, 0.2) is 5.76 Å². The van der Waals surface area contributed by atoms with Crippen molar-refractivity contribution >= 4 is 22.6 Å². The number of hydrogen-bond acceptors (Lipinski definition) is 5. The van der Waals surface area contributed by atoms with Crippen molar-refractivity contribution in [2.75, 3.05) is 7.11 Å². The summed E-state index contributed by atoms with van der Waals surface area (Å²) >= 11 is 0. The van der Waals surface area contributed by atoms with Gasteiger partial charge in [-0.05, 0) is 43.5 Å². The minimum Gasteiger partial charge on any atom is -0.497 e. The van der Waals surface area contributed by atoms with Crippen LogP contribution in [0.4, 0.5) is 0 Å². The van der Waals surface area contributed by atoms with Gasteiger partial charge in [-0.1, -0.05) is 50.1 Å². The van der Waals surface area contributed by atoms with E-state index in [1.807, 2.05) is 62.4 Å². The average molecular weight is 502 g/mol. The SMILES string of the molecule is CCC(=O)CCCCC[C@H](NC(=O)Cc1c(C)[nH]c2ccc(OC)cc12)c1ncc(-c2ccccc2)o1. The Morgan fingerprint density at radius 2 is 1.92 bits per heavy atom. The van der Waals surface area contributed by atoms with Crippen LogP contribution in [0.2, 0.25) is 0 Å². The van der Waals surface area contributed by atoms with Crippen molar-refractivity contribution in [3.8, 4) is 17.1 Å². The first-order valence-corrected chi connectivity index (χ1v) is 13.0. The Bertz CT molecular complexity index is 1340. The number of aromatic amines is 1. The Morgan fingerprint density at radius 1 is 1.11 bits per heavy atom. The van der Waals surface area contributed by atoms with Crippen molar-refractivity contribution in [2.45, 2.75) is 64.8 Å². The number of methoxy groups -OCH3 is 1. The first kappa shape index (κ1) is 26.2. The third-order valence-electron chi connectivity index (χ3n) is 6.72. The molecule has 37 heavy (non-hydrogen) atoms. The smallest absolute Gasteiger partial charge is 0.225 e. The highest BCUT2D eigenvalue weighted by Gasteiger charge is 2.22. The minimum atomic E-state index is -0.355. The van der Waals surface area contributed by atoms with E-state index in [0.29, 0.717) is 30.9 Å². The zero-order valence-electron chi connectivity index (χ0n) is 21.8. The topological polar surface area (TPSA) is 97.2 Å². The van der Waals surface area contributed by atoms with Gasteiger partial charge >= 0.3 is 0 Å². The summed E-state index contributed by atoms with van der Waals surface area (Å²) in [5.41, 5.74) is 3.81. The third-order valence-corrected chi connectivity index (χ3v) is 6.72. The summed E-state index contributed by atoms with van der Waals surface area (Å²) < 4.78 is 11.5. The van der Waals surface area contributed by atoms with Crippen LogP contribution in [0.15, 0.2) is 59.1 Å². The molecule has 0 aliphatic carbocycles. The maximum atomic E-state index is 13.3. The summed E-state index contributed by atoms with van der Waals surface area (Å²) in [6.07, 6.45) is 6.42. The Morgan fingerprint density at radius 3 is 2.68 bits per heavy atom. The summed E-state index contributed by atoms with van der Waals surface area (Å²) in [4.78, 5) is 32.8.